The number of nitrogens with two attached hydrogens (primary N) is 1. The molecule has 1 aliphatic heterocycles. The molecule has 3 aromatic rings. The number of carbonyl (C=O) groups is 1. The highest BCUT2D eigenvalue weighted by Gasteiger charge is 2.38. The Bertz CT molecular complexity index is 1180. The highest BCUT2D eigenvalue weighted by atomic mass is 19.4. The third kappa shape index (κ3) is 3.19. The number of halogens is 3. The highest BCUT2D eigenvalue weighted by Crippen LogP contribution is 2.39. The van der Waals surface area contributed by atoms with E-state index in [0.29, 0.717) is 5.69 Å². The number of hydrogen-bond donors (Lipinski definition) is 1. The predicted molar refractivity (Wildman–Crippen MR) is 105 cm³/mol. The van der Waals surface area contributed by atoms with Crippen molar-refractivity contribution in [3.05, 3.63) is 58.9 Å². The Kier molecular flexibility index (Phi) is 4.56. The van der Waals surface area contributed by atoms with Crippen LogP contribution in [0.3, 0.4) is 0 Å². The summed E-state index contributed by atoms with van der Waals surface area (Å²) in [6, 6.07) is 6.83. The average molecular weight is 414 g/mol. The second-order valence-corrected chi connectivity index (χ2v) is 6.69. The summed E-state index contributed by atoms with van der Waals surface area (Å²) in [4.78, 5) is 22.9. The van der Waals surface area contributed by atoms with Crippen LogP contribution >= 0.6 is 0 Å². The number of benzene rings is 1. The minimum atomic E-state index is -4.54. The summed E-state index contributed by atoms with van der Waals surface area (Å²) in [6.07, 6.45) is -1.54. The average Bonchev–Trinajstić information content (AvgIpc) is 3.22. The third-order valence-corrected chi connectivity index (χ3v) is 4.75. The number of nitrogens with zero attached hydrogens (tertiary/aromatic N) is 5. The van der Waals surface area contributed by atoms with Crippen molar-refractivity contribution in [1.29, 1.82) is 0 Å². The first-order valence-electron chi connectivity index (χ1n) is 9.08. The summed E-state index contributed by atoms with van der Waals surface area (Å²) in [7, 11) is 1.72. The van der Waals surface area contributed by atoms with Gasteiger partial charge in [-0.05, 0) is 30.7 Å². The van der Waals surface area contributed by atoms with Gasteiger partial charge in [0, 0.05) is 19.8 Å². The zero-order valence-corrected chi connectivity index (χ0v) is 16.1. The van der Waals surface area contributed by atoms with Crippen molar-refractivity contribution in [2.75, 3.05) is 12.3 Å². The molecule has 0 bridgehead atoms. The number of aryl methyl sites for hydroxylation is 1. The van der Waals surface area contributed by atoms with Crippen LogP contribution < -0.4 is 5.73 Å². The molecule has 10 heteroatoms. The van der Waals surface area contributed by atoms with Crippen LogP contribution in [0, 0.1) is 0 Å². The summed E-state index contributed by atoms with van der Waals surface area (Å²) in [6.45, 7) is 1.96. The molecule has 1 aliphatic rings. The van der Waals surface area contributed by atoms with Crippen molar-refractivity contribution in [2.45, 2.75) is 13.1 Å². The lowest BCUT2D eigenvalue weighted by Gasteiger charge is -2.16. The molecule has 0 fully saturated rings. The van der Waals surface area contributed by atoms with E-state index >= 15 is 0 Å². The van der Waals surface area contributed by atoms with E-state index in [1.54, 1.807) is 30.9 Å². The number of carbonyl (C=O) groups excluding carboxylic acids is 1. The standard InChI is InChI=1S/C20H17F3N6O/c1-3-29-14(10-11-6-4-5-7-12(11)20(21,22)23)17-15(18(29)30)16(25-19(24)26-17)13-8-9-28(2)27-13/h4-10H,3H2,1-2H3,(H2,24,25,26). The number of fused-ring (bicyclic) bond motifs is 1. The van der Waals surface area contributed by atoms with Crippen molar-refractivity contribution >= 4 is 23.6 Å². The SMILES string of the molecule is CCN1C(=O)c2c(nc(N)nc2-c2ccn(C)n2)C1=Cc1ccccc1C(F)(F)F. The lowest BCUT2D eigenvalue weighted by Crippen LogP contribution is -2.23. The van der Waals surface area contributed by atoms with Crippen LogP contribution in [0.5, 0.6) is 0 Å². The number of rotatable bonds is 3. The largest absolute Gasteiger partial charge is 0.416 e. The Balaban J connectivity index is 1.97. The highest BCUT2D eigenvalue weighted by molar-refractivity contribution is 6.14. The molecule has 7 nitrogen and oxygen atoms in total. The zero-order chi connectivity index (χ0) is 21.6. The van der Waals surface area contributed by atoms with Gasteiger partial charge in [-0.15, -0.1) is 0 Å². The van der Waals surface area contributed by atoms with Gasteiger partial charge in [0.2, 0.25) is 5.95 Å². The normalized spacial score (nSPS) is 15.2. The number of nitrogen functional groups attached to an aromatic ring is 1. The van der Waals surface area contributed by atoms with E-state index in [-0.39, 0.29) is 40.7 Å². The van der Waals surface area contributed by atoms with Crippen LogP contribution in [-0.4, -0.2) is 37.1 Å². The molecule has 4 rings (SSSR count). The Morgan fingerprint density at radius 2 is 1.83 bits per heavy atom. The van der Waals surface area contributed by atoms with Crippen LogP contribution in [0.15, 0.2) is 36.5 Å². The van der Waals surface area contributed by atoms with Crippen molar-refractivity contribution in [3.8, 4) is 11.4 Å². The molecule has 0 unspecified atom stereocenters. The lowest BCUT2D eigenvalue weighted by atomic mass is 10.0. The third-order valence-electron chi connectivity index (χ3n) is 4.75. The topological polar surface area (TPSA) is 89.9 Å². The monoisotopic (exact) mass is 414 g/mol. The van der Waals surface area contributed by atoms with Crippen LogP contribution in [0.1, 0.15) is 34.1 Å². The molecule has 0 radical (unpaired) electrons. The first kappa shape index (κ1) is 19.6. The molecule has 1 amide bonds. The van der Waals surface area contributed by atoms with Crippen LogP contribution in [0.2, 0.25) is 0 Å². The summed E-state index contributed by atoms with van der Waals surface area (Å²) in [5.41, 5.74) is 6.25. The Hall–Kier alpha value is -3.69. The second kappa shape index (κ2) is 6.97. The zero-order valence-electron chi connectivity index (χ0n) is 16.1. The van der Waals surface area contributed by atoms with E-state index in [4.69, 9.17) is 5.73 Å². The van der Waals surface area contributed by atoms with Crippen LogP contribution in [-0.2, 0) is 13.2 Å². The van der Waals surface area contributed by atoms with Gasteiger partial charge in [-0.1, -0.05) is 18.2 Å². The van der Waals surface area contributed by atoms with Gasteiger partial charge in [-0.25, -0.2) is 9.97 Å². The number of alkyl halides is 3. The summed E-state index contributed by atoms with van der Waals surface area (Å²) < 4.78 is 41.9. The van der Waals surface area contributed by atoms with Gasteiger partial charge in [0.05, 0.1) is 16.8 Å². The Labute approximate surface area is 169 Å². The van der Waals surface area contributed by atoms with Crippen molar-refractivity contribution < 1.29 is 18.0 Å². The minimum absolute atomic E-state index is 0.0735. The molecule has 1 aromatic carbocycles. The van der Waals surface area contributed by atoms with Crippen molar-refractivity contribution in [1.82, 2.24) is 24.6 Å². The summed E-state index contributed by atoms with van der Waals surface area (Å²) in [5, 5.41) is 4.27. The Morgan fingerprint density at radius 3 is 2.47 bits per heavy atom. The summed E-state index contributed by atoms with van der Waals surface area (Å²) >= 11 is 0. The summed E-state index contributed by atoms with van der Waals surface area (Å²) in [5.74, 6) is -0.515. The molecule has 3 heterocycles. The fourth-order valence-electron chi connectivity index (χ4n) is 3.45. The fourth-order valence-corrected chi connectivity index (χ4v) is 3.45. The molecule has 2 aromatic heterocycles. The van der Waals surface area contributed by atoms with Gasteiger partial charge in [0.25, 0.3) is 5.91 Å². The maximum atomic E-state index is 13.5. The van der Waals surface area contributed by atoms with E-state index in [0.717, 1.165) is 6.07 Å². The van der Waals surface area contributed by atoms with Gasteiger partial charge >= 0.3 is 6.18 Å². The lowest BCUT2D eigenvalue weighted by molar-refractivity contribution is -0.137. The van der Waals surface area contributed by atoms with E-state index < -0.39 is 17.6 Å². The molecule has 0 aliphatic carbocycles. The molecule has 0 atom stereocenters. The molecule has 30 heavy (non-hydrogen) atoms. The smallest absolute Gasteiger partial charge is 0.368 e. The van der Waals surface area contributed by atoms with E-state index in [1.807, 2.05) is 0 Å². The second-order valence-electron chi connectivity index (χ2n) is 6.69. The fraction of sp³-hybridized carbons (Fsp3) is 0.200. The number of amides is 1. The number of hydrogen-bond acceptors (Lipinski definition) is 5. The molecule has 0 saturated carbocycles. The van der Waals surface area contributed by atoms with Gasteiger partial charge in [-0.2, -0.15) is 18.3 Å². The number of anilines is 1. The minimum Gasteiger partial charge on any atom is -0.368 e. The van der Waals surface area contributed by atoms with Crippen molar-refractivity contribution in [3.63, 3.8) is 0 Å². The first-order valence-corrected chi connectivity index (χ1v) is 9.08. The molecule has 0 spiro atoms. The van der Waals surface area contributed by atoms with Crippen LogP contribution in [0.25, 0.3) is 23.2 Å². The quantitative estimate of drug-likeness (QED) is 0.709. The molecule has 0 saturated heterocycles. The van der Waals surface area contributed by atoms with Gasteiger partial charge in [0.1, 0.15) is 17.1 Å². The van der Waals surface area contributed by atoms with Gasteiger partial charge in [-0.3, -0.25) is 9.48 Å². The maximum absolute atomic E-state index is 13.5. The van der Waals surface area contributed by atoms with Gasteiger partial charge in [0.15, 0.2) is 0 Å². The molecular weight excluding hydrogens is 397 g/mol. The molecular formula is C20H17F3N6O. The number of aromatic nitrogens is 4. The predicted octanol–water partition coefficient (Wildman–Crippen LogP) is 3.45. The molecule has 2 N–H and O–H groups in total. The Morgan fingerprint density at radius 1 is 1.13 bits per heavy atom. The molecule has 154 valence electrons. The van der Waals surface area contributed by atoms with Gasteiger partial charge < -0.3 is 10.6 Å². The van der Waals surface area contributed by atoms with Crippen LogP contribution in [0.4, 0.5) is 19.1 Å². The van der Waals surface area contributed by atoms with E-state index in [2.05, 4.69) is 15.1 Å². The first-order chi connectivity index (χ1) is 14.2. The van der Waals surface area contributed by atoms with E-state index in [1.165, 1.54) is 29.2 Å². The van der Waals surface area contributed by atoms with Crippen molar-refractivity contribution in [2.24, 2.45) is 7.05 Å². The maximum Gasteiger partial charge on any atom is 0.416 e. The van der Waals surface area contributed by atoms with E-state index in [9.17, 15) is 18.0 Å².